The Labute approximate surface area is 100 Å². The highest BCUT2D eigenvalue weighted by Crippen LogP contribution is 2.15. The Hall–Kier alpha value is -1.76. The van der Waals surface area contributed by atoms with E-state index in [0.29, 0.717) is 16.7 Å². The van der Waals surface area contributed by atoms with Crippen molar-refractivity contribution < 1.29 is 17.6 Å². The van der Waals surface area contributed by atoms with Crippen LogP contribution in [0.3, 0.4) is 0 Å². The third-order valence-corrected chi connectivity index (χ3v) is 2.51. The summed E-state index contributed by atoms with van der Waals surface area (Å²) in [6.07, 6.45) is -4.23. The number of halogens is 3. The summed E-state index contributed by atoms with van der Waals surface area (Å²) < 4.78 is 42.1. The van der Waals surface area contributed by atoms with E-state index < -0.39 is 18.5 Å². The van der Waals surface area contributed by atoms with Crippen molar-refractivity contribution in [2.75, 3.05) is 6.54 Å². The van der Waals surface area contributed by atoms with Gasteiger partial charge >= 0.3 is 11.9 Å². The molecule has 1 aromatic heterocycles. The summed E-state index contributed by atoms with van der Waals surface area (Å²) in [5.74, 6) is -0.495. The predicted octanol–water partition coefficient (Wildman–Crippen LogP) is 1.78. The fourth-order valence-corrected chi connectivity index (χ4v) is 1.64. The summed E-state index contributed by atoms with van der Waals surface area (Å²) in [6.45, 7) is -0.988. The second-order valence-corrected chi connectivity index (χ2v) is 3.95. The van der Waals surface area contributed by atoms with Crippen LogP contribution in [0.1, 0.15) is 5.56 Å². The minimum atomic E-state index is -4.23. The number of aromatic nitrogens is 1. The average molecular weight is 260 g/mol. The minimum absolute atomic E-state index is 0.0635. The molecule has 0 unspecified atom stereocenters. The van der Waals surface area contributed by atoms with E-state index in [1.54, 1.807) is 25.2 Å². The molecular weight excluding hydrogens is 249 g/mol. The quantitative estimate of drug-likeness (QED) is 0.915. The first-order valence-corrected chi connectivity index (χ1v) is 5.23. The molecule has 2 aromatic rings. The largest absolute Gasteiger partial charge is 0.419 e. The van der Waals surface area contributed by atoms with Crippen LogP contribution in [0.2, 0.25) is 0 Å². The summed E-state index contributed by atoms with van der Waals surface area (Å²) in [5.41, 5.74) is 1.61. The number of alkyl halides is 3. The SMILES string of the molecule is Cn1c(=O)oc2cc(CNCC(F)(F)F)ccc21. The molecule has 0 fully saturated rings. The van der Waals surface area contributed by atoms with Gasteiger partial charge in [0.25, 0.3) is 0 Å². The van der Waals surface area contributed by atoms with Gasteiger partial charge in [0, 0.05) is 13.6 Å². The number of nitrogens with zero attached hydrogens (tertiary/aromatic N) is 1. The van der Waals surface area contributed by atoms with Crippen molar-refractivity contribution in [1.29, 1.82) is 0 Å². The highest BCUT2D eigenvalue weighted by molar-refractivity contribution is 5.73. The summed E-state index contributed by atoms with van der Waals surface area (Å²) >= 11 is 0. The van der Waals surface area contributed by atoms with Crippen molar-refractivity contribution in [2.24, 2.45) is 7.05 Å². The van der Waals surface area contributed by atoms with E-state index in [1.165, 1.54) is 4.57 Å². The van der Waals surface area contributed by atoms with Gasteiger partial charge in [-0.2, -0.15) is 13.2 Å². The molecule has 1 heterocycles. The van der Waals surface area contributed by atoms with Crippen LogP contribution in [0.5, 0.6) is 0 Å². The molecule has 0 radical (unpaired) electrons. The van der Waals surface area contributed by atoms with Gasteiger partial charge in [-0.1, -0.05) is 6.07 Å². The van der Waals surface area contributed by atoms with Gasteiger partial charge in [0.2, 0.25) is 0 Å². The summed E-state index contributed by atoms with van der Waals surface area (Å²) in [7, 11) is 1.57. The lowest BCUT2D eigenvalue weighted by molar-refractivity contribution is -0.125. The van der Waals surface area contributed by atoms with Gasteiger partial charge in [-0.15, -0.1) is 0 Å². The molecule has 0 bridgehead atoms. The van der Waals surface area contributed by atoms with Crippen LogP contribution in [-0.2, 0) is 13.6 Å². The Morgan fingerprint density at radius 1 is 1.39 bits per heavy atom. The molecule has 0 saturated carbocycles. The second kappa shape index (κ2) is 4.49. The standard InChI is InChI=1S/C11H11F3N2O2/c1-16-8-3-2-7(4-9(8)18-10(16)17)5-15-6-11(12,13)14/h2-4,15H,5-6H2,1H3. The molecule has 98 valence electrons. The van der Waals surface area contributed by atoms with Crippen LogP contribution in [0.25, 0.3) is 11.1 Å². The van der Waals surface area contributed by atoms with Gasteiger partial charge < -0.3 is 9.73 Å². The second-order valence-electron chi connectivity index (χ2n) is 3.95. The number of fused-ring (bicyclic) bond motifs is 1. The van der Waals surface area contributed by atoms with E-state index in [2.05, 4.69) is 5.32 Å². The Morgan fingerprint density at radius 3 is 2.78 bits per heavy atom. The summed E-state index contributed by atoms with van der Waals surface area (Å²) in [4.78, 5) is 11.2. The zero-order chi connectivity index (χ0) is 13.3. The number of aryl methyl sites for hydroxylation is 1. The molecule has 1 aromatic carbocycles. The van der Waals surface area contributed by atoms with Crippen LogP contribution in [0.15, 0.2) is 27.4 Å². The Bertz CT molecular complexity index is 613. The predicted molar refractivity (Wildman–Crippen MR) is 59.2 cm³/mol. The molecule has 0 atom stereocenters. The highest BCUT2D eigenvalue weighted by Gasteiger charge is 2.26. The van der Waals surface area contributed by atoms with Crippen LogP contribution >= 0.6 is 0 Å². The highest BCUT2D eigenvalue weighted by atomic mass is 19.4. The maximum atomic E-state index is 11.9. The molecule has 0 aliphatic carbocycles. The fraction of sp³-hybridized carbons (Fsp3) is 0.364. The van der Waals surface area contributed by atoms with Gasteiger partial charge in [0.15, 0.2) is 5.58 Å². The van der Waals surface area contributed by atoms with Gasteiger partial charge in [-0.25, -0.2) is 4.79 Å². The molecule has 2 rings (SSSR count). The van der Waals surface area contributed by atoms with E-state index >= 15 is 0 Å². The van der Waals surface area contributed by atoms with Crippen molar-refractivity contribution in [3.63, 3.8) is 0 Å². The normalized spacial score (nSPS) is 12.2. The molecule has 1 N–H and O–H groups in total. The molecular formula is C11H11F3N2O2. The molecule has 0 aliphatic rings. The molecule has 0 amide bonds. The molecule has 18 heavy (non-hydrogen) atoms. The number of oxazole rings is 1. The first kappa shape index (κ1) is 12.7. The van der Waals surface area contributed by atoms with Gasteiger partial charge in [0.1, 0.15) is 0 Å². The van der Waals surface area contributed by atoms with Crippen LogP contribution in [0.4, 0.5) is 13.2 Å². The van der Waals surface area contributed by atoms with E-state index in [0.717, 1.165) is 0 Å². The van der Waals surface area contributed by atoms with Crippen LogP contribution in [-0.4, -0.2) is 17.3 Å². The molecule has 0 aliphatic heterocycles. The van der Waals surface area contributed by atoms with Gasteiger partial charge in [-0.3, -0.25) is 4.57 Å². The molecule has 0 saturated heterocycles. The van der Waals surface area contributed by atoms with Crippen molar-refractivity contribution in [3.05, 3.63) is 34.3 Å². The summed E-state index contributed by atoms with van der Waals surface area (Å²) in [6, 6.07) is 4.85. The molecule has 7 heteroatoms. The third kappa shape index (κ3) is 2.73. The lowest BCUT2D eigenvalue weighted by atomic mass is 10.2. The number of hydrogen-bond acceptors (Lipinski definition) is 3. The third-order valence-electron chi connectivity index (χ3n) is 2.51. The maximum Gasteiger partial charge on any atom is 0.419 e. The average Bonchev–Trinajstić information content (AvgIpc) is 2.53. The summed E-state index contributed by atoms with van der Waals surface area (Å²) in [5, 5.41) is 2.28. The fourth-order valence-electron chi connectivity index (χ4n) is 1.64. The number of nitrogens with one attached hydrogen (secondary N) is 1. The zero-order valence-corrected chi connectivity index (χ0v) is 9.54. The van der Waals surface area contributed by atoms with E-state index in [4.69, 9.17) is 4.42 Å². The monoisotopic (exact) mass is 260 g/mol. The van der Waals surface area contributed by atoms with Gasteiger partial charge in [-0.05, 0) is 17.7 Å². The lowest BCUT2D eigenvalue weighted by Crippen LogP contribution is -2.28. The number of hydrogen-bond donors (Lipinski definition) is 1. The van der Waals surface area contributed by atoms with Gasteiger partial charge in [0.05, 0.1) is 12.1 Å². The molecule has 4 nitrogen and oxygen atoms in total. The van der Waals surface area contributed by atoms with E-state index in [1.807, 2.05) is 0 Å². The lowest BCUT2D eigenvalue weighted by Gasteiger charge is -2.07. The topological polar surface area (TPSA) is 47.2 Å². The molecule has 0 spiro atoms. The van der Waals surface area contributed by atoms with Crippen molar-refractivity contribution in [2.45, 2.75) is 12.7 Å². The van der Waals surface area contributed by atoms with Crippen molar-refractivity contribution >= 4 is 11.1 Å². The maximum absolute atomic E-state index is 11.9. The van der Waals surface area contributed by atoms with E-state index in [9.17, 15) is 18.0 Å². The van der Waals surface area contributed by atoms with Crippen LogP contribution in [0, 0.1) is 0 Å². The first-order chi connectivity index (χ1) is 8.37. The Kier molecular flexibility index (Phi) is 3.16. The number of benzene rings is 1. The van der Waals surface area contributed by atoms with Crippen molar-refractivity contribution in [3.8, 4) is 0 Å². The smallest absolute Gasteiger partial charge is 0.408 e. The Morgan fingerprint density at radius 2 is 2.11 bits per heavy atom. The van der Waals surface area contributed by atoms with E-state index in [-0.39, 0.29) is 6.54 Å². The zero-order valence-electron chi connectivity index (χ0n) is 9.54. The first-order valence-electron chi connectivity index (χ1n) is 5.23. The Balaban J connectivity index is 2.13. The number of rotatable bonds is 3. The van der Waals surface area contributed by atoms with Crippen LogP contribution < -0.4 is 11.1 Å². The van der Waals surface area contributed by atoms with Crippen molar-refractivity contribution in [1.82, 2.24) is 9.88 Å². The minimum Gasteiger partial charge on any atom is -0.408 e.